The Morgan fingerprint density at radius 2 is 1.82 bits per heavy atom. The molecular formula is C22H22N2O4. The minimum Gasteiger partial charge on any atom is -0.486 e. The maximum atomic E-state index is 12.4. The van der Waals surface area contributed by atoms with Crippen LogP contribution in [0.15, 0.2) is 41.2 Å². The van der Waals surface area contributed by atoms with E-state index in [-0.39, 0.29) is 17.9 Å². The fourth-order valence-corrected chi connectivity index (χ4v) is 3.39. The van der Waals surface area contributed by atoms with Crippen molar-refractivity contribution in [2.45, 2.75) is 26.7 Å². The Balaban J connectivity index is 1.50. The Morgan fingerprint density at radius 3 is 2.57 bits per heavy atom. The molecular weight excluding hydrogens is 356 g/mol. The summed E-state index contributed by atoms with van der Waals surface area (Å²) in [6.45, 7) is 4.98. The second kappa shape index (κ2) is 7.38. The van der Waals surface area contributed by atoms with Crippen molar-refractivity contribution in [2.75, 3.05) is 18.5 Å². The Labute approximate surface area is 162 Å². The van der Waals surface area contributed by atoms with Crippen molar-refractivity contribution in [3.8, 4) is 11.5 Å². The molecule has 0 radical (unpaired) electrons. The van der Waals surface area contributed by atoms with Crippen molar-refractivity contribution >= 4 is 22.5 Å². The molecule has 0 saturated carbocycles. The lowest BCUT2D eigenvalue weighted by Gasteiger charge is -2.18. The van der Waals surface area contributed by atoms with E-state index in [4.69, 9.17) is 9.47 Å². The maximum absolute atomic E-state index is 12.4. The molecule has 4 rings (SSSR count). The summed E-state index contributed by atoms with van der Waals surface area (Å²) < 4.78 is 11.2. The predicted octanol–water partition coefficient (Wildman–Crippen LogP) is 3.49. The number of aryl methyl sites for hydroxylation is 3. The number of H-pyrrole nitrogens is 1. The van der Waals surface area contributed by atoms with Crippen molar-refractivity contribution in [2.24, 2.45) is 0 Å². The highest BCUT2D eigenvalue weighted by Gasteiger charge is 2.14. The molecule has 2 heterocycles. The molecule has 28 heavy (non-hydrogen) atoms. The van der Waals surface area contributed by atoms with E-state index in [1.807, 2.05) is 44.2 Å². The molecule has 0 bridgehead atoms. The first-order valence-corrected chi connectivity index (χ1v) is 9.32. The Bertz CT molecular complexity index is 1120. The Morgan fingerprint density at radius 1 is 1.07 bits per heavy atom. The van der Waals surface area contributed by atoms with Crippen LogP contribution >= 0.6 is 0 Å². The smallest absolute Gasteiger partial charge is 0.251 e. The molecule has 2 N–H and O–H groups in total. The predicted molar refractivity (Wildman–Crippen MR) is 108 cm³/mol. The first-order valence-electron chi connectivity index (χ1n) is 9.32. The molecule has 144 valence electrons. The minimum atomic E-state index is -0.191. The van der Waals surface area contributed by atoms with E-state index >= 15 is 0 Å². The Kier molecular flexibility index (Phi) is 4.77. The third-order valence-corrected chi connectivity index (χ3v) is 4.86. The third-order valence-electron chi connectivity index (χ3n) is 4.86. The topological polar surface area (TPSA) is 80.4 Å². The van der Waals surface area contributed by atoms with Crippen LogP contribution in [0.5, 0.6) is 11.5 Å². The highest BCUT2D eigenvalue weighted by molar-refractivity contribution is 5.91. The van der Waals surface area contributed by atoms with Gasteiger partial charge in [0.15, 0.2) is 11.5 Å². The lowest BCUT2D eigenvalue weighted by atomic mass is 10.1. The summed E-state index contributed by atoms with van der Waals surface area (Å²) in [5.74, 6) is 1.19. The molecule has 2 aromatic carbocycles. The van der Waals surface area contributed by atoms with E-state index < -0.39 is 0 Å². The van der Waals surface area contributed by atoms with Gasteiger partial charge in [0.2, 0.25) is 5.91 Å². The summed E-state index contributed by atoms with van der Waals surface area (Å²) in [5, 5.41) is 3.77. The van der Waals surface area contributed by atoms with Crippen LogP contribution in [0.4, 0.5) is 5.69 Å². The number of aromatic nitrogens is 1. The number of benzene rings is 2. The summed E-state index contributed by atoms with van der Waals surface area (Å²) in [6.07, 6.45) is 0.586. The van der Waals surface area contributed by atoms with Crippen LogP contribution in [0.25, 0.3) is 10.9 Å². The van der Waals surface area contributed by atoms with Gasteiger partial charge in [-0.2, -0.15) is 0 Å². The number of ether oxygens (including phenoxy) is 2. The van der Waals surface area contributed by atoms with Gasteiger partial charge in [0.25, 0.3) is 5.56 Å². The van der Waals surface area contributed by atoms with Gasteiger partial charge in [-0.25, -0.2) is 0 Å². The molecule has 0 aliphatic carbocycles. The normalized spacial score (nSPS) is 12.8. The van der Waals surface area contributed by atoms with Gasteiger partial charge in [-0.1, -0.05) is 17.7 Å². The minimum absolute atomic E-state index is 0.117. The molecule has 0 spiro atoms. The van der Waals surface area contributed by atoms with Gasteiger partial charge in [0.05, 0.1) is 5.52 Å². The number of nitrogens with one attached hydrogen (secondary N) is 2. The fourth-order valence-electron chi connectivity index (χ4n) is 3.39. The standard InChI is InChI=1S/C22H22N2O4/c1-13-3-5-17(14(2)9-13)23-21(25)6-4-15-10-16-11-19-20(28-8-7-27-19)12-18(16)24-22(15)26/h3,5,9-12H,4,6-8H2,1-2H3,(H,23,25)(H,24,26). The molecule has 0 fully saturated rings. The number of pyridine rings is 1. The number of carbonyl (C=O) groups excluding carboxylic acids is 1. The van der Waals surface area contributed by atoms with Gasteiger partial charge >= 0.3 is 0 Å². The average molecular weight is 378 g/mol. The van der Waals surface area contributed by atoms with Gasteiger partial charge in [-0.3, -0.25) is 9.59 Å². The second-order valence-corrected chi connectivity index (χ2v) is 7.07. The summed E-state index contributed by atoms with van der Waals surface area (Å²) in [5.41, 5.74) is 4.03. The first kappa shape index (κ1) is 18.1. The molecule has 1 aliphatic rings. The van der Waals surface area contributed by atoms with Crippen molar-refractivity contribution in [3.63, 3.8) is 0 Å². The molecule has 1 amide bonds. The molecule has 0 atom stereocenters. The molecule has 0 unspecified atom stereocenters. The first-order chi connectivity index (χ1) is 13.5. The number of hydrogen-bond donors (Lipinski definition) is 2. The monoisotopic (exact) mass is 378 g/mol. The van der Waals surface area contributed by atoms with Crippen molar-refractivity contribution in [3.05, 3.63) is 63.4 Å². The van der Waals surface area contributed by atoms with Crippen molar-refractivity contribution in [1.82, 2.24) is 4.98 Å². The lowest BCUT2D eigenvalue weighted by Crippen LogP contribution is -2.18. The van der Waals surface area contributed by atoms with Crippen LogP contribution < -0.4 is 20.3 Å². The summed E-state index contributed by atoms with van der Waals surface area (Å²) in [7, 11) is 0. The zero-order chi connectivity index (χ0) is 19.7. The Hall–Kier alpha value is -3.28. The fraction of sp³-hybridized carbons (Fsp3) is 0.273. The van der Waals surface area contributed by atoms with Crippen LogP contribution in [0.3, 0.4) is 0 Å². The number of rotatable bonds is 4. The molecule has 1 aromatic heterocycles. The SMILES string of the molecule is Cc1ccc(NC(=O)CCc2cc3cc4c(cc3[nH]c2=O)OCCO4)c(C)c1. The van der Waals surface area contributed by atoms with Crippen LogP contribution in [0.2, 0.25) is 0 Å². The summed E-state index contributed by atoms with van der Waals surface area (Å²) in [6, 6.07) is 11.3. The van der Waals surface area contributed by atoms with Crippen LogP contribution in [-0.4, -0.2) is 24.1 Å². The number of aromatic amines is 1. The summed E-state index contributed by atoms with van der Waals surface area (Å²) in [4.78, 5) is 27.6. The average Bonchev–Trinajstić information content (AvgIpc) is 2.67. The van der Waals surface area contributed by atoms with E-state index in [1.165, 1.54) is 0 Å². The van der Waals surface area contributed by atoms with Gasteiger partial charge in [-0.05, 0) is 44.0 Å². The molecule has 6 nitrogen and oxygen atoms in total. The van der Waals surface area contributed by atoms with E-state index in [0.717, 1.165) is 22.2 Å². The van der Waals surface area contributed by atoms with Crippen LogP contribution in [-0.2, 0) is 11.2 Å². The van der Waals surface area contributed by atoms with Crippen molar-refractivity contribution < 1.29 is 14.3 Å². The number of fused-ring (bicyclic) bond motifs is 2. The van der Waals surface area contributed by atoms with E-state index in [0.29, 0.717) is 42.2 Å². The van der Waals surface area contributed by atoms with Gasteiger partial charge in [-0.15, -0.1) is 0 Å². The summed E-state index contributed by atoms with van der Waals surface area (Å²) >= 11 is 0. The van der Waals surface area contributed by atoms with Crippen LogP contribution in [0.1, 0.15) is 23.1 Å². The highest BCUT2D eigenvalue weighted by Crippen LogP contribution is 2.33. The molecule has 1 aliphatic heterocycles. The largest absolute Gasteiger partial charge is 0.486 e. The number of amides is 1. The second-order valence-electron chi connectivity index (χ2n) is 7.07. The van der Waals surface area contributed by atoms with Gasteiger partial charge in [0.1, 0.15) is 13.2 Å². The molecule has 0 saturated heterocycles. The third kappa shape index (κ3) is 3.71. The van der Waals surface area contributed by atoms with E-state index in [9.17, 15) is 9.59 Å². The number of anilines is 1. The quantitative estimate of drug-likeness (QED) is 0.728. The molecule has 3 aromatic rings. The zero-order valence-corrected chi connectivity index (χ0v) is 15.9. The van der Waals surface area contributed by atoms with E-state index in [2.05, 4.69) is 10.3 Å². The zero-order valence-electron chi connectivity index (χ0n) is 15.9. The molecule has 6 heteroatoms. The lowest BCUT2D eigenvalue weighted by molar-refractivity contribution is -0.116. The number of carbonyl (C=O) groups is 1. The van der Waals surface area contributed by atoms with Gasteiger partial charge < -0.3 is 19.8 Å². The van der Waals surface area contributed by atoms with Gasteiger partial charge in [0, 0.05) is 29.1 Å². The maximum Gasteiger partial charge on any atom is 0.251 e. The number of hydrogen-bond acceptors (Lipinski definition) is 4. The van der Waals surface area contributed by atoms with E-state index in [1.54, 1.807) is 6.07 Å². The van der Waals surface area contributed by atoms with Crippen LogP contribution in [0, 0.1) is 13.8 Å². The van der Waals surface area contributed by atoms with Crippen molar-refractivity contribution in [1.29, 1.82) is 0 Å². The highest BCUT2D eigenvalue weighted by atomic mass is 16.6.